The molecule has 150 valence electrons. The third-order valence-electron chi connectivity index (χ3n) is 6.01. The van der Waals surface area contributed by atoms with E-state index < -0.39 is 0 Å². The molecule has 28 heavy (non-hydrogen) atoms. The first-order chi connectivity index (χ1) is 13.5. The first-order valence-corrected chi connectivity index (χ1v) is 10.2. The van der Waals surface area contributed by atoms with Crippen molar-refractivity contribution in [2.75, 3.05) is 69.7 Å². The summed E-state index contributed by atoms with van der Waals surface area (Å²) in [5, 5.41) is 1.10. The van der Waals surface area contributed by atoms with Gasteiger partial charge in [0.05, 0.1) is 5.52 Å². The second-order valence-corrected chi connectivity index (χ2v) is 8.20. The zero-order valence-corrected chi connectivity index (χ0v) is 17.1. The SMILES string of the molecule is CC(=O)N1CCC(CN2CCN(c3ccc4ncnc(N(C)C)c4c3)CC2)C1. The van der Waals surface area contributed by atoms with Gasteiger partial charge in [-0.2, -0.15) is 0 Å². The summed E-state index contributed by atoms with van der Waals surface area (Å²) in [6.45, 7) is 8.83. The van der Waals surface area contributed by atoms with Crippen LogP contribution in [0, 0.1) is 5.92 Å². The summed E-state index contributed by atoms with van der Waals surface area (Å²) in [5.41, 5.74) is 2.23. The van der Waals surface area contributed by atoms with Gasteiger partial charge in [-0.1, -0.05) is 0 Å². The molecule has 0 spiro atoms. The summed E-state index contributed by atoms with van der Waals surface area (Å²) in [5.74, 6) is 1.79. The Morgan fingerprint density at radius 3 is 2.61 bits per heavy atom. The molecule has 1 atom stereocenters. The van der Waals surface area contributed by atoms with Crippen LogP contribution in [0.2, 0.25) is 0 Å². The molecule has 0 bridgehead atoms. The van der Waals surface area contributed by atoms with Gasteiger partial charge in [0.2, 0.25) is 5.91 Å². The van der Waals surface area contributed by atoms with Crippen molar-refractivity contribution >= 4 is 28.3 Å². The highest BCUT2D eigenvalue weighted by Gasteiger charge is 2.27. The van der Waals surface area contributed by atoms with E-state index >= 15 is 0 Å². The molecule has 7 heteroatoms. The molecule has 0 radical (unpaired) electrons. The molecule has 4 rings (SSSR count). The lowest BCUT2D eigenvalue weighted by Crippen LogP contribution is -2.48. The predicted octanol–water partition coefficient (Wildman–Crippen LogP) is 1.69. The lowest BCUT2D eigenvalue weighted by molar-refractivity contribution is -0.127. The Morgan fingerprint density at radius 2 is 1.93 bits per heavy atom. The maximum absolute atomic E-state index is 11.5. The fourth-order valence-electron chi connectivity index (χ4n) is 4.41. The van der Waals surface area contributed by atoms with Crippen LogP contribution in [0.1, 0.15) is 13.3 Å². The maximum Gasteiger partial charge on any atom is 0.219 e. The highest BCUT2D eigenvalue weighted by atomic mass is 16.2. The van der Waals surface area contributed by atoms with Crippen molar-refractivity contribution in [3.05, 3.63) is 24.5 Å². The van der Waals surface area contributed by atoms with Crippen LogP contribution < -0.4 is 9.80 Å². The topological polar surface area (TPSA) is 55.8 Å². The van der Waals surface area contributed by atoms with Gasteiger partial charge in [0.25, 0.3) is 0 Å². The number of carbonyl (C=O) groups is 1. The van der Waals surface area contributed by atoms with Crippen molar-refractivity contribution in [3.8, 4) is 0 Å². The normalized spacial score (nSPS) is 20.8. The molecule has 0 aliphatic carbocycles. The van der Waals surface area contributed by atoms with Crippen molar-refractivity contribution in [1.29, 1.82) is 0 Å². The van der Waals surface area contributed by atoms with Gasteiger partial charge in [-0.25, -0.2) is 9.97 Å². The molecule has 2 aliphatic heterocycles. The van der Waals surface area contributed by atoms with Crippen molar-refractivity contribution < 1.29 is 4.79 Å². The van der Waals surface area contributed by atoms with Crippen LogP contribution in [-0.4, -0.2) is 85.6 Å². The molecule has 7 nitrogen and oxygen atoms in total. The summed E-state index contributed by atoms with van der Waals surface area (Å²) in [6.07, 6.45) is 2.77. The number of aromatic nitrogens is 2. The molecule has 2 aromatic rings. The molecule has 2 fully saturated rings. The van der Waals surface area contributed by atoms with E-state index in [0.717, 1.165) is 69.0 Å². The van der Waals surface area contributed by atoms with E-state index in [1.807, 2.05) is 23.9 Å². The van der Waals surface area contributed by atoms with Crippen LogP contribution in [0.3, 0.4) is 0 Å². The van der Waals surface area contributed by atoms with E-state index in [1.165, 1.54) is 5.69 Å². The van der Waals surface area contributed by atoms with Crippen LogP contribution in [0.25, 0.3) is 10.9 Å². The van der Waals surface area contributed by atoms with Gasteiger partial charge in [0.1, 0.15) is 12.1 Å². The van der Waals surface area contributed by atoms with Gasteiger partial charge in [-0.3, -0.25) is 9.69 Å². The molecule has 1 aromatic carbocycles. The van der Waals surface area contributed by atoms with Crippen molar-refractivity contribution in [2.24, 2.45) is 5.92 Å². The first-order valence-electron chi connectivity index (χ1n) is 10.2. The Balaban J connectivity index is 1.39. The Labute approximate surface area is 166 Å². The quantitative estimate of drug-likeness (QED) is 0.802. The maximum atomic E-state index is 11.5. The minimum Gasteiger partial charge on any atom is -0.369 e. The monoisotopic (exact) mass is 382 g/mol. The molecular weight excluding hydrogens is 352 g/mol. The number of hydrogen-bond acceptors (Lipinski definition) is 6. The molecular formula is C21H30N6O. The summed E-state index contributed by atoms with van der Waals surface area (Å²) >= 11 is 0. The standard InChI is InChI=1S/C21H30N6O/c1-16(28)27-7-6-17(14-27)13-25-8-10-26(11-9-25)18-4-5-20-19(12-18)21(24(2)3)23-15-22-20/h4-5,12,15,17H,6-11,13-14H2,1-3H3. The summed E-state index contributed by atoms with van der Waals surface area (Å²) < 4.78 is 0. The largest absolute Gasteiger partial charge is 0.369 e. The van der Waals surface area contributed by atoms with E-state index in [9.17, 15) is 4.79 Å². The number of nitrogens with zero attached hydrogens (tertiary/aromatic N) is 6. The fraction of sp³-hybridized carbons (Fsp3) is 0.571. The number of benzene rings is 1. The smallest absolute Gasteiger partial charge is 0.219 e. The number of carbonyl (C=O) groups excluding carboxylic acids is 1. The van der Waals surface area contributed by atoms with Crippen molar-refractivity contribution in [2.45, 2.75) is 13.3 Å². The number of hydrogen-bond donors (Lipinski definition) is 0. The van der Waals surface area contributed by atoms with E-state index in [1.54, 1.807) is 13.3 Å². The average molecular weight is 383 g/mol. The molecule has 1 aromatic heterocycles. The Kier molecular flexibility index (Phi) is 5.35. The van der Waals surface area contributed by atoms with Crippen LogP contribution in [0.5, 0.6) is 0 Å². The van der Waals surface area contributed by atoms with Gasteiger partial charge in [-0.05, 0) is 30.5 Å². The van der Waals surface area contributed by atoms with Crippen LogP contribution in [0.15, 0.2) is 24.5 Å². The Hall–Kier alpha value is -2.41. The Morgan fingerprint density at radius 1 is 1.14 bits per heavy atom. The summed E-state index contributed by atoms with van der Waals surface area (Å²) in [7, 11) is 4.03. The molecule has 1 unspecified atom stereocenters. The molecule has 2 saturated heterocycles. The van der Waals surface area contributed by atoms with Crippen molar-refractivity contribution in [3.63, 3.8) is 0 Å². The van der Waals surface area contributed by atoms with E-state index in [-0.39, 0.29) is 5.91 Å². The van der Waals surface area contributed by atoms with Gasteiger partial charge < -0.3 is 14.7 Å². The lowest BCUT2D eigenvalue weighted by Gasteiger charge is -2.37. The number of rotatable bonds is 4. The average Bonchev–Trinajstić information content (AvgIpc) is 3.16. The summed E-state index contributed by atoms with van der Waals surface area (Å²) in [6, 6.07) is 6.49. The van der Waals surface area contributed by atoms with E-state index in [2.05, 4.69) is 38.0 Å². The van der Waals surface area contributed by atoms with E-state index in [0.29, 0.717) is 5.92 Å². The predicted molar refractivity (Wildman–Crippen MR) is 113 cm³/mol. The number of fused-ring (bicyclic) bond motifs is 1. The second kappa shape index (κ2) is 7.91. The number of anilines is 2. The lowest BCUT2D eigenvalue weighted by atomic mass is 10.1. The number of amides is 1. The zero-order chi connectivity index (χ0) is 19.7. The first kappa shape index (κ1) is 18.9. The molecule has 2 aliphatic rings. The number of piperazine rings is 1. The minimum atomic E-state index is 0.213. The van der Waals surface area contributed by atoms with Crippen LogP contribution >= 0.6 is 0 Å². The zero-order valence-electron chi connectivity index (χ0n) is 17.1. The summed E-state index contributed by atoms with van der Waals surface area (Å²) in [4.78, 5) is 29.4. The van der Waals surface area contributed by atoms with Crippen LogP contribution in [-0.2, 0) is 4.79 Å². The van der Waals surface area contributed by atoms with E-state index in [4.69, 9.17) is 0 Å². The Bertz CT molecular complexity index is 846. The highest BCUT2D eigenvalue weighted by Crippen LogP contribution is 2.27. The number of likely N-dealkylation sites (tertiary alicyclic amines) is 1. The fourth-order valence-corrected chi connectivity index (χ4v) is 4.41. The van der Waals surface area contributed by atoms with Gasteiger partial charge in [0.15, 0.2) is 0 Å². The third kappa shape index (κ3) is 3.90. The molecule has 0 N–H and O–H groups in total. The molecule has 0 saturated carbocycles. The third-order valence-corrected chi connectivity index (χ3v) is 6.01. The highest BCUT2D eigenvalue weighted by molar-refractivity contribution is 5.91. The van der Waals surface area contributed by atoms with Crippen LogP contribution in [0.4, 0.5) is 11.5 Å². The van der Waals surface area contributed by atoms with Gasteiger partial charge >= 0.3 is 0 Å². The minimum absolute atomic E-state index is 0.213. The second-order valence-electron chi connectivity index (χ2n) is 8.20. The van der Waals surface area contributed by atoms with Gasteiger partial charge in [0, 0.05) is 77.9 Å². The molecule has 1 amide bonds. The molecule has 3 heterocycles. The van der Waals surface area contributed by atoms with Crippen molar-refractivity contribution in [1.82, 2.24) is 19.8 Å². The van der Waals surface area contributed by atoms with Gasteiger partial charge in [-0.15, -0.1) is 0 Å².